The first-order valence-corrected chi connectivity index (χ1v) is 9.61. The van der Waals surface area contributed by atoms with Crippen LogP contribution in [0.2, 0.25) is 0 Å². The van der Waals surface area contributed by atoms with Crippen LogP contribution in [0.25, 0.3) is 11.5 Å². The van der Waals surface area contributed by atoms with E-state index in [1.165, 1.54) is 38.4 Å². The standard InChI is InChI=1S/C19H19N3O4S/c1-22(2)27(24,25)16-7-5-15(6-8-16)19(23)21-13-14-9-10-20-17(12-14)18-4-3-11-26-18/h3-12H,13H2,1-2H3,(H,21,23). The van der Waals surface area contributed by atoms with Gasteiger partial charge in [0.05, 0.1) is 11.2 Å². The zero-order chi connectivity index (χ0) is 19.4. The van der Waals surface area contributed by atoms with Crippen molar-refractivity contribution in [3.05, 3.63) is 72.1 Å². The van der Waals surface area contributed by atoms with Crippen molar-refractivity contribution in [2.75, 3.05) is 14.1 Å². The van der Waals surface area contributed by atoms with Crippen LogP contribution in [0.5, 0.6) is 0 Å². The normalized spacial score (nSPS) is 11.5. The fourth-order valence-corrected chi connectivity index (χ4v) is 3.32. The molecule has 7 nitrogen and oxygen atoms in total. The van der Waals surface area contributed by atoms with Crippen LogP contribution in [-0.2, 0) is 16.6 Å². The Morgan fingerprint density at radius 2 is 1.89 bits per heavy atom. The number of pyridine rings is 1. The van der Waals surface area contributed by atoms with E-state index in [4.69, 9.17) is 4.42 Å². The van der Waals surface area contributed by atoms with Crippen molar-refractivity contribution in [3.8, 4) is 11.5 Å². The van der Waals surface area contributed by atoms with Crippen LogP contribution in [0.3, 0.4) is 0 Å². The lowest BCUT2D eigenvalue weighted by atomic mass is 10.2. The zero-order valence-electron chi connectivity index (χ0n) is 14.9. The van der Waals surface area contributed by atoms with Gasteiger partial charge in [-0.25, -0.2) is 12.7 Å². The molecular formula is C19H19N3O4S. The van der Waals surface area contributed by atoms with Gasteiger partial charge in [-0.15, -0.1) is 0 Å². The van der Waals surface area contributed by atoms with E-state index < -0.39 is 10.0 Å². The molecule has 2 heterocycles. The summed E-state index contributed by atoms with van der Waals surface area (Å²) in [5.41, 5.74) is 1.94. The summed E-state index contributed by atoms with van der Waals surface area (Å²) in [5, 5.41) is 2.81. The van der Waals surface area contributed by atoms with Gasteiger partial charge in [0.1, 0.15) is 5.69 Å². The van der Waals surface area contributed by atoms with E-state index in [1.54, 1.807) is 24.6 Å². The average molecular weight is 385 g/mol. The van der Waals surface area contributed by atoms with E-state index in [-0.39, 0.29) is 10.8 Å². The molecule has 27 heavy (non-hydrogen) atoms. The number of aromatic nitrogens is 1. The van der Waals surface area contributed by atoms with Crippen LogP contribution < -0.4 is 5.32 Å². The topological polar surface area (TPSA) is 92.5 Å². The highest BCUT2D eigenvalue weighted by atomic mass is 32.2. The molecule has 0 spiro atoms. The summed E-state index contributed by atoms with van der Waals surface area (Å²) in [6.07, 6.45) is 3.23. The minimum absolute atomic E-state index is 0.140. The van der Waals surface area contributed by atoms with Gasteiger partial charge in [0.15, 0.2) is 5.76 Å². The maximum Gasteiger partial charge on any atom is 0.251 e. The third kappa shape index (κ3) is 4.24. The lowest BCUT2D eigenvalue weighted by Gasteiger charge is -2.11. The number of sulfonamides is 1. The molecular weight excluding hydrogens is 366 g/mol. The molecule has 0 aliphatic rings. The number of furan rings is 1. The van der Waals surface area contributed by atoms with Gasteiger partial charge in [-0.1, -0.05) is 0 Å². The van der Waals surface area contributed by atoms with Crippen molar-refractivity contribution >= 4 is 15.9 Å². The van der Waals surface area contributed by atoms with Gasteiger partial charge in [-0.3, -0.25) is 9.78 Å². The van der Waals surface area contributed by atoms with Crippen LogP contribution in [0.4, 0.5) is 0 Å². The predicted octanol–water partition coefficient (Wildman–Crippen LogP) is 2.52. The van der Waals surface area contributed by atoms with Crippen molar-refractivity contribution in [3.63, 3.8) is 0 Å². The number of nitrogens with zero attached hydrogens (tertiary/aromatic N) is 2. The van der Waals surface area contributed by atoms with Crippen molar-refractivity contribution in [2.24, 2.45) is 0 Å². The minimum Gasteiger partial charge on any atom is -0.463 e. The number of amides is 1. The van der Waals surface area contributed by atoms with Crippen LogP contribution in [0, 0.1) is 0 Å². The summed E-state index contributed by atoms with van der Waals surface area (Å²) in [6.45, 7) is 0.312. The third-order valence-electron chi connectivity index (χ3n) is 3.95. The number of hydrogen-bond donors (Lipinski definition) is 1. The molecule has 1 aromatic carbocycles. The number of rotatable bonds is 6. The number of benzene rings is 1. The SMILES string of the molecule is CN(C)S(=O)(=O)c1ccc(C(=O)NCc2ccnc(-c3ccco3)c2)cc1. The maximum atomic E-state index is 12.3. The largest absolute Gasteiger partial charge is 0.463 e. The second-order valence-corrected chi connectivity index (χ2v) is 8.17. The molecule has 1 N–H and O–H groups in total. The van der Waals surface area contributed by atoms with Crippen molar-refractivity contribution < 1.29 is 17.6 Å². The Balaban J connectivity index is 1.67. The van der Waals surface area contributed by atoms with Gasteiger partial charge in [0.25, 0.3) is 5.91 Å². The molecule has 0 atom stereocenters. The fourth-order valence-electron chi connectivity index (χ4n) is 2.42. The summed E-state index contributed by atoms with van der Waals surface area (Å²) in [7, 11) is -0.595. The molecule has 0 fully saturated rings. The maximum absolute atomic E-state index is 12.3. The van der Waals surface area contributed by atoms with Gasteiger partial charge in [-0.05, 0) is 54.1 Å². The molecule has 3 aromatic rings. The molecule has 2 aromatic heterocycles. The van der Waals surface area contributed by atoms with Gasteiger partial charge < -0.3 is 9.73 Å². The molecule has 3 rings (SSSR count). The van der Waals surface area contributed by atoms with Crippen LogP contribution in [-0.4, -0.2) is 37.7 Å². The van der Waals surface area contributed by atoms with Crippen LogP contribution in [0.15, 0.2) is 70.3 Å². The Kier molecular flexibility index (Phi) is 5.38. The van der Waals surface area contributed by atoms with E-state index in [0.717, 1.165) is 9.87 Å². The van der Waals surface area contributed by atoms with E-state index in [2.05, 4.69) is 10.3 Å². The highest BCUT2D eigenvalue weighted by Crippen LogP contribution is 2.18. The van der Waals surface area contributed by atoms with Crippen LogP contribution in [0.1, 0.15) is 15.9 Å². The lowest BCUT2D eigenvalue weighted by Crippen LogP contribution is -2.24. The molecule has 0 aliphatic carbocycles. The summed E-state index contributed by atoms with van der Waals surface area (Å²) in [6, 6.07) is 13.1. The van der Waals surface area contributed by atoms with E-state index in [1.807, 2.05) is 12.1 Å². The Morgan fingerprint density at radius 3 is 2.52 bits per heavy atom. The van der Waals surface area contributed by atoms with Crippen LogP contribution >= 0.6 is 0 Å². The van der Waals surface area contributed by atoms with Gasteiger partial charge >= 0.3 is 0 Å². The number of hydrogen-bond acceptors (Lipinski definition) is 5. The zero-order valence-corrected chi connectivity index (χ0v) is 15.7. The third-order valence-corrected chi connectivity index (χ3v) is 5.78. The summed E-state index contributed by atoms with van der Waals surface area (Å²) < 4.78 is 30.6. The number of carbonyl (C=O) groups excluding carboxylic acids is 1. The fraction of sp³-hybridized carbons (Fsp3) is 0.158. The van der Waals surface area contributed by atoms with Crippen molar-refractivity contribution in [1.29, 1.82) is 0 Å². The molecule has 0 saturated carbocycles. The van der Waals surface area contributed by atoms with E-state index in [0.29, 0.717) is 23.6 Å². The highest BCUT2D eigenvalue weighted by Gasteiger charge is 2.17. The second kappa shape index (κ2) is 7.73. The average Bonchev–Trinajstić information content (AvgIpc) is 3.21. The predicted molar refractivity (Wildman–Crippen MR) is 100 cm³/mol. The summed E-state index contributed by atoms with van der Waals surface area (Å²) in [4.78, 5) is 16.7. The first-order valence-electron chi connectivity index (χ1n) is 8.17. The molecule has 0 aliphatic heterocycles. The molecule has 140 valence electrons. The van der Waals surface area contributed by atoms with Crippen molar-refractivity contribution in [1.82, 2.24) is 14.6 Å². The molecule has 0 unspecified atom stereocenters. The highest BCUT2D eigenvalue weighted by molar-refractivity contribution is 7.89. The Bertz CT molecular complexity index is 1030. The summed E-state index contributed by atoms with van der Waals surface area (Å²) in [5.74, 6) is 0.362. The molecule has 0 bridgehead atoms. The minimum atomic E-state index is -3.52. The quantitative estimate of drug-likeness (QED) is 0.704. The lowest BCUT2D eigenvalue weighted by molar-refractivity contribution is 0.0951. The van der Waals surface area contributed by atoms with Crippen molar-refractivity contribution in [2.45, 2.75) is 11.4 Å². The van der Waals surface area contributed by atoms with Gasteiger partial charge in [0, 0.05) is 32.4 Å². The monoisotopic (exact) mass is 385 g/mol. The number of carbonyl (C=O) groups is 1. The smallest absolute Gasteiger partial charge is 0.251 e. The van der Waals surface area contributed by atoms with Gasteiger partial charge in [-0.2, -0.15) is 0 Å². The molecule has 1 amide bonds. The van der Waals surface area contributed by atoms with E-state index >= 15 is 0 Å². The number of nitrogens with one attached hydrogen (secondary N) is 1. The molecule has 0 saturated heterocycles. The second-order valence-electron chi connectivity index (χ2n) is 6.02. The first-order chi connectivity index (χ1) is 12.9. The Morgan fingerprint density at radius 1 is 1.15 bits per heavy atom. The molecule has 8 heteroatoms. The Hall–Kier alpha value is -2.97. The first kappa shape index (κ1) is 18.8. The van der Waals surface area contributed by atoms with E-state index in [9.17, 15) is 13.2 Å². The Labute approximate surface area is 157 Å². The van der Waals surface area contributed by atoms with Gasteiger partial charge in [0.2, 0.25) is 10.0 Å². The summed E-state index contributed by atoms with van der Waals surface area (Å²) >= 11 is 0. The molecule has 0 radical (unpaired) electrons.